The van der Waals surface area contributed by atoms with E-state index in [4.69, 9.17) is 0 Å². The van der Waals surface area contributed by atoms with Crippen LogP contribution in [0.15, 0.2) is 36.4 Å². The van der Waals surface area contributed by atoms with Crippen LogP contribution in [0.4, 0.5) is 0 Å². The molecule has 0 saturated carbocycles. The molecule has 0 aliphatic heterocycles. The molecule has 0 heterocycles. The first-order valence-corrected chi connectivity index (χ1v) is 25.8. The average molecular weight is 985 g/mol. The summed E-state index contributed by atoms with van der Waals surface area (Å²) in [5.41, 5.74) is 6.06. The van der Waals surface area contributed by atoms with Gasteiger partial charge in [-0.05, 0) is 142 Å². The minimum atomic E-state index is -0.165. The molecular weight excluding hydrogens is 913 g/mol. The summed E-state index contributed by atoms with van der Waals surface area (Å²) >= 11 is 0. The second kappa shape index (κ2) is 22.1. The van der Waals surface area contributed by atoms with Crippen LogP contribution in [0.25, 0.3) is 0 Å². The Balaban J connectivity index is 1.57. The van der Waals surface area contributed by atoms with Gasteiger partial charge in [0.05, 0.1) is 0 Å². The van der Waals surface area contributed by atoms with E-state index in [9.17, 15) is 61.3 Å². The predicted molar refractivity (Wildman–Crippen MR) is 279 cm³/mol. The number of aromatic hydroxyl groups is 12. The molecule has 1 aliphatic carbocycles. The third kappa shape index (κ3) is 10.1. The van der Waals surface area contributed by atoms with Crippen LogP contribution in [0.1, 0.15) is 180 Å². The molecule has 12 nitrogen and oxygen atoms in total. The summed E-state index contributed by atoms with van der Waals surface area (Å²) in [5.74, 6) is -1.98. The number of fused-ring (bicyclic) bond motifs is 12. The van der Waals surface area contributed by atoms with Crippen molar-refractivity contribution in [1.29, 1.82) is 0 Å². The fourth-order valence-electron chi connectivity index (χ4n) is 10.8. The normalized spacial score (nSPS) is 12.8. The summed E-state index contributed by atoms with van der Waals surface area (Å²) in [6, 6.07) is 9.80. The van der Waals surface area contributed by atoms with Crippen LogP contribution in [-0.2, 0) is 77.0 Å². The fourth-order valence-corrected chi connectivity index (χ4v) is 10.8. The molecule has 7 rings (SSSR count). The average Bonchev–Trinajstić information content (AvgIpc) is 3.35. The van der Waals surface area contributed by atoms with E-state index < -0.39 is 0 Å². The zero-order chi connectivity index (χ0) is 52.3. The molecule has 0 aromatic heterocycles. The summed E-state index contributed by atoms with van der Waals surface area (Å²) in [6.07, 6.45) is 4.90. The summed E-state index contributed by atoms with van der Waals surface area (Å²) in [5, 5.41) is 143. The van der Waals surface area contributed by atoms with E-state index in [0.29, 0.717) is 144 Å². The quantitative estimate of drug-likeness (QED) is 0.0547. The van der Waals surface area contributed by atoms with Crippen molar-refractivity contribution in [3.63, 3.8) is 0 Å². The van der Waals surface area contributed by atoms with Gasteiger partial charge in [-0.2, -0.15) is 0 Å². The monoisotopic (exact) mass is 985 g/mol. The van der Waals surface area contributed by atoms with Crippen molar-refractivity contribution < 1.29 is 61.3 Å². The zero-order valence-corrected chi connectivity index (χ0v) is 42.6. The van der Waals surface area contributed by atoms with Gasteiger partial charge in [0.2, 0.25) is 0 Å². The van der Waals surface area contributed by atoms with Gasteiger partial charge in [-0.15, -0.1) is 0 Å². The molecule has 0 amide bonds. The highest BCUT2D eigenvalue weighted by Gasteiger charge is 2.28. The lowest BCUT2D eigenvalue weighted by molar-refractivity contribution is 0.424. The van der Waals surface area contributed by atoms with Crippen molar-refractivity contribution in [2.75, 3.05) is 0 Å². The smallest absolute Gasteiger partial charge is 0.126 e. The van der Waals surface area contributed by atoms with Gasteiger partial charge >= 0.3 is 0 Å². The van der Waals surface area contributed by atoms with Gasteiger partial charge in [-0.25, -0.2) is 0 Å². The molecule has 12 N–H and O–H groups in total. The Morgan fingerprint density at radius 1 is 0.208 bits per heavy atom. The first kappa shape index (κ1) is 52.7. The molecule has 6 aromatic carbocycles. The maximum Gasteiger partial charge on any atom is 0.126 e. The van der Waals surface area contributed by atoms with Crippen molar-refractivity contribution in [1.82, 2.24) is 0 Å². The van der Waals surface area contributed by atoms with E-state index >= 15 is 0 Å². The lowest BCUT2D eigenvalue weighted by Gasteiger charge is -2.22. The Morgan fingerprint density at radius 3 is 0.389 bits per heavy atom. The molecule has 12 bridgehead atoms. The van der Waals surface area contributed by atoms with E-state index in [1.54, 1.807) is 36.4 Å². The second-order valence-corrected chi connectivity index (χ2v) is 19.8. The number of phenolic OH excluding ortho intramolecular Hbond substituents is 12. The van der Waals surface area contributed by atoms with E-state index in [2.05, 4.69) is 0 Å². The second-order valence-electron chi connectivity index (χ2n) is 19.8. The third-order valence-electron chi connectivity index (χ3n) is 14.5. The van der Waals surface area contributed by atoms with Crippen molar-refractivity contribution in [2.24, 2.45) is 0 Å². The minimum Gasteiger partial charge on any atom is -0.507 e. The molecule has 72 heavy (non-hydrogen) atoms. The number of benzene rings is 6. The molecule has 6 aromatic rings. The van der Waals surface area contributed by atoms with Gasteiger partial charge in [-0.3, -0.25) is 0 Å². The van der Waals surface area contributed by atoms with E-state index in [1.807, 2.05) is 41.5 Å². The number of hydrogen-bond acceptors (Lipinski definition) is 12. The maximum atomic E-state index is 11.9. The van der Waals surface area contributed by atoms with Crippen LogP contribution in [0.3, 0.4) is 0 Å². The fraction of sp³-hybridized carbons (Fsp3) is 0.400. The highest BCUT2D eigenvalue weighted by molar-refractivity contribution is 5.65. The SMILES string of the molecule is CCCc1c(O)c2cc(c1O)Cc1cc(c(O)c(CCC)c1O)Cc1cc(c(O)c(CCC)c1O)Cc1cc(c(O)c(CCC)c1O)Cc1cc(c(O)c(CCC)c1O)Cc1cc(c(O)c(CCC)c1O)C2. The molecule has 0 saturated heterocycles. The highest BCUT2D eigenvalue weighted by Crippen LogP contribution is 2.48. The Hall–Kier alpha value is -7.08. The molecule has 1 aliphatic rings. The first-order chi connectivity index (χ1) is 34.4. The Morgan fingerprint density at radius 2 is 0.306 bits per heavy atom. The van der Waals surface area contributed by atoms with E-state index in [-0.39, 0.29) is 141 Å². The number of phenols is 12. The molecule has 0 atom stereocenters. The van der Waals surface area contributed by atoms with Gasteiger partial charge in [-0.1, -0.05) is 80.1 Å². The van der Waals surface area contributed by atoms with Gasteiger partial charge < -0.3 is 61.3 Å². The third-order valence-corrected chi connectivity index (χ3v) is 14.5. The summed E-state index contributed by atoms with van der Waals surface area (Å²) in [4.78, 5) is 0. The van der Waals surface area contributed by atoms with Crippen LogP contribution >= 0.6 is 0 Å². The number of rotatable bonds is 12. The van der Waals surface area contributed by atoms with Crippen molar-refractivity contribution in [2.45, 2.75) is 157 Å². The van der Waals surface area contributed by atoms with Crippen LogP contribution in [0.5, 0.6) is 69.0 Å². The first-order valence-electron chi connectivity index (χ1n) is 25.8. The molecule has 0 radical (unpaired) electrons. The van der Waals surface area contributed by atoms with Gasteiger partial charge in [0.25, 0.3) is 0 Å². The summed E-state index contributed by atoms with van der Waals surface area (Å²) < 4.78 is 0. The topological polar surface area (TPSA) is 243 Å². The standard InChI is InChI=1S/C60H72O12/c1-7-13-43-49(61)31-19-32(50(43)62)26-34-21-36(54(66)45(15-9-3)52(34)64)28-38-23-40(58(70)47(17-11-5)56(38)68)30-42-24-41(59(71)48(18-12-6)60(42)72)29-39-22-37(55(67)46(16-10-4)57(39)69)27-35-20-33(25-31)51(63)44(14-8-2)53(35)65/h19-24,61-72H,7-18,25-30H2,1-6H3. The highest BCUT2D eigenvalue weighted by atomic mass is 16.3. The van der Waals surface area contributed by atoms with Crippen molar-refractivity contribution >= 4 is 0 Å². The summed E-state index contributed by atoms with van der Waals surface area (Å²) in [6.45, 7) is 11.5. The number of hydrogen-bond donors (Lipinski definition) is 12. The van der Waals surface area contributed by atoms with Crippen LogP contribution < -0.4 is 0 Å². The molecule has 12 heteroatoms. The molecular formula is C60H72O12. The lowest BCUT2D eigenvalue weighted by Crippen LogP contribution is -2.05. The minimum absolute atomic E-state index is 0.0431. The van der Waals surface area contributed by atoms with Gasteiger partial charge in [0, 0.05) is 71.9 Å². The zero-order valence-electron chi connectivity index (χ0n) is 42.6. The Bertz CT molecular complexity index is 2340. The van der Waals surface area contributed by atoms with Crippen LogP contribution in [-0.4, -0.2) is 61.3 Å². The maximum absolute atomic E-state index is 11.9. The molecule has 0 unspecified atom stereocenters. The van der Waals surface area contributed by atoms with Gasteiger partial charge in [0.15, 0.2) is 0 Å². The molecule has 0 fully saturated rings. The lowest BCUT2D eigenvalue weighted by atomic mass is 9.86. The van der Waals surface area contributed by atoms with Crippen molar-refractivity contribution in [3.05, 3.63) is 137 Å². The van der Waals surface area contributed by atoms with Gasteiger partial charge in [0.1, 0.15) is 69.0 Å². The Labute approximate surface area is 422 Å². The van der Waals surface area contributed by atoms with Crippen LogP contribution in [0, 0.1) is 0 Å². The predicted octanol–water partition coefficient (Wildman–Crippen LogP) is 11.7. The Kier molecular flexibility index (Phi) is 16.2. The van der Waals surface area contributed by atoms with E-state index in [0.717, 1.165) is 0 Å². The van der Waals surface area contributed by atoms with Crippen molar-refractivity contribution in [3.8, 4) is 69.0 Å². The largest absolute Gasteiger partial charge is 0.507 e. The van der Waals surface area contributed by atoms with E-state index in [1.165, 1.54) is 0 Å². The molecule has 0 spiro atoms. The summed E-state index contributed by atoms with van der Waals surface area (Å²) in [7, 11) is 0. The van der Waals surface area contributed by atoms with Crippen LogP contribution in [0.2, 0.25) is 0 Å². The molecule has 384 valence electrons.